The maximum Gasteiger partial charge on any atom is 0.223 e. The van der Waals surface area contributed by atoms with E-state index in [0.29, 0.717) is 38.8 Å². The van der Waals surface area contributed by atoms with Gasteiger partial charge >= 0.3 is 0 Å². The third kappa shape index (κ3) is 4.15. The molecule has 2 fully saturated rings. The summed E-state index contributed by atoms with van der Waals surface area (Å²) in [4.78, 5) is 12.0. The smallest absolute Gasteiger partial charge is 0.223 e. The summed E-state index contributed by atoms with van der Waals surface area (Å²) < 4.78 is 31.9. The molecule has 1 saturated carbocycles. The molecule has 1 aromatic rings. The second-order valence-corrected chi connectivity index (χ2v) is 8.54. The number of morpholine rings is 1. The number of nitrogens with zero attached hydrogens (tertiary/aromatic N) is 1. The molecule has 1 aromatic carbocycles. The fourth-order valence-corrected chi connectivity index (χ4v) is 4.55. The molecule has 132 valence electrons. The Morgan fingerprint density at radius 2 is 1.88 bits per heavy atom. The van der Waals surface area contributed by atoms with Crippen LogP contribution < -0.4 is 5.32 Å². The van der Waals surface area contributed by atoms with Crippen LogP contribution in [-0.2, 0) is 31.9 Å². The summed E-state index contributed by atoms with van der Waals surface area (Å²) in [6, 6.07) is 7.39. The highest BCUT2D eigenvalue weighted by molar-refractivity contribution is 7.88. The molecule has 3 rings (SSSR count). The van der Waals surface area contributed by atoms with Crippen molar-refractivity contribution in [3.05, 3.63) is 35.4 Å². The molecule has 6 nitrogen and oxygen atoms in total. The lowest BCUT2D eigenvalue weighted by Crippen LogP contribution is -2.41. The van der Waals surface area contributed by atoms with Gasteiger partial charge < -0.3 is 10.1 Å². The van der Waals surface area contributed by atoms with Gasteiger partial charge in [-0.15, -0.1) is 0 Å². The largest absolute Gasteiger partial charge is 0.379 e. The van der Waals surface area contributed by atoms with Gasteiger partial charge in [-0.1, -0.05) is 31.2 Å². The summed E-state index contributed by atoms with van der Waals surface area (Å²) in [7, 11) is -3.37. The van der Waals surface area contributed by atoms with Crippen molar-refractivity contribution in [3.8, 4) is 0 Å². The van der Waals surface area contributed by atoms with Gasteiger partial charge in [-0.25, -0.2) is 8.42 Å². The minimum atomic E-state index is -3.37. The highest BCUT2D eigenvalue weighted by Crippen LogP contribution is 2.37. The Labute approximate surface area is 143 Å². The van der Waals surface area contributed by atoms with Crippen molar-refractivity contribution in [2.24, 2.45) is 11.8 Å². The SMILES string of the molecule is CC1CC1C(=O)NCc1ccccc1CS(=O)(=O)N1CCOCC1. The highest BCUT2D eigenvalue weighted by Gasteiger charge is 2.38. The van der Waals surface area contributed by atoms with Crippen molar-refractivity contribution in [1.29, 1.82) is 0 Å². The van der Waals surface area contributed by atoms with Gasteiger partial charge in [-0.3, -0.25) is 4.79 Å². The van der Waals surface area contributed by atoms with E-state index in [0.717, 1.165) is 17.5 Å². The summed E-state index contributed by atoms with van der Waals surface area (Å²) in [5.41, 5.74) is 1.60. The van der Waals surface area contributed by atoms with Gasteiger partial charge in [0.2, 0.25) is 15.9 Å². The second kappa shape index (κ2) is 7.21. The average molecular weight is 352 g/mol. The zero-order valence-corrected chi connectivity index (χ0v) is 14.7. The Morgan fingerprint density at radius 3 is 2.50 bits per heavy atom. The average Bonchev–Trinajstić information content (AvgIpc) is 3.31. The van der Waals surface area contributed by atoms with Crippen LogP contribution >= 0.6 is 0 Å². The van der Waals surface area contributed by atoms with E-state index in [4.69, 9.17) is 4.74 Å². The van der Waals surface area contributed by atoms with Gasteiger partial charge in [0.15, 0.2) is 0 Å². The monoisotopic (exact) mass is 352 g/mol. The lowest BCUT2D eigenvalue weighted by Gasteiger charge is -2.26. The third-order valence-corrected chi connectivity index (χ3v) is 6.55. The van der Waals surface area contributed by atoms with Crippen LogP contribution in [-0.4, -0.2) is 44.9 Å². The van der Waals surface area contributed by atoms with Gasteiger partial charge in [0.1, 0.15) is 0 Å². The predicted molar refractivity (Wildman–Crippen MR) is 90.6 cm³/mol. The first kappa shape index (κ1) is 17.4. The molecule has 7 heteroatoms. The lowest BCUT2D eigenvalue weighted by molar-refractivity contribution is -0.122. The molecule has 1 N–H and O–H groups in total. The van der Waals surface area contributed by atoms with E-state index in [9.17, 15) is 13.2 Å². The van der Waals surface area contributed by atoms with Gasteiger partial charge in [0, 0.05) is 25.6 Å². The molecule has 1 aliphatic carbocycles. The number of sulfonamides is 1. The van der Waals surface area contributed by atoms with Crippen LogP contribution in [0.1, 0.15) is 24.5 Å². The quantitative estimate of drug-likeness (QED) is 0.832. The summed E-state index contributed by atoms with van der Waals surface area (Å²) in [5.74, 6) is 0.600. The molecular weight excluding hydrogens is 328 g/mol. The van der Waals surface area contributed by atoms with Crippen molar-refractivity contribution in [2.45, 2.75) is 25.6 Å². The molecule has 0 bridgehead atoms. The number of carbonyl (C=O) groups is 1. The zero-order chi connectivity index (χ0) is 17.2. The first-order valence-electron chi connectivity index (χ1n) is 8.37. The standard InChI is InChI=1S/C17H24N2O4S/c1-13-10-16(13)17(20)18-11-14-4-2-3-5-15(14)12-24(21,22)19-6-8-23-9-7-19/h2-5,13,16H,6-12H2,1H3,(H,18,20). The van der Waals surface area contributed by atoms with Crippen molar-refractivity contribution < 1.29 is 17.9 Å². The van der Waals surface area contributed by atoms with E-state index in [2.05, 4.69) is 12.2 Å². The number of rotatable bonds is 6. The number of hydrogen-bond donors (Lipinski definition) is 1. The minimum absolute atomic E-state index is 0.0428. The van der Waals surface area contributed by atoms with E-state index in [1.165, 1.54) is 4.31 Å². The van der Waals surface area contributed by atoms with Crippen LogP contribution in [0.3, 0.4) is 0 Å². The second-order valence-electron chi connectivity index (χ2n) is 6.57. The molecule has 1 heterocycles. The Hall–Kier alpha value is -1.44. The van der Waals surface area contributed by atoms with Gasteiger partial charge in [0.25, 0.3) is 0 Å². The van der Waals surface area contributed by atoms with E-state index in [-0.39, 0.29) is 17.6 Å². The topological polar surface area (TPSA) is 75.7 Å². The van der Waals surface area contributed by atoms with E-state index < -0.39 is 10.0 Å². The van der Waals surface area contributed by atoms with Gasteiger partial charge in [0.05, 0.1) is 19.0 Å². The van der Waals surface area contributed by atoms with Crippen LogP contribution in [0.15, 0.2) is 24.3 Å². The van der Waals surface area contributed by atoms with Crippen LogP contribution in [0.25, 0.3) is 0 Å². The Kier molecular flexibility index (Phi) is 5.22. The minimum Gasteiger partial charge on any atom is -0.379 e. The maximum atomic E-state index is 12.6. The third-order valence-electron chi connectivity index (χ3n) is 4.72. The van der Waals surface area contributed by atoms with E-state index in [1.54, 1.807) is 0 Å². The van der Waals surface area contributed by atoms with E-state index in [1.807, 2.05) is 24.3 Å². The number of amides is 1. The molecule has 1 aliphatic heterocycles. The van der Waals surface area contributed by atoms with Crippen molar-refractivity contribution in [1.82, 2.24) is 9.62 Å². The van der Waals surface area contributed by atoms with Crippen molar-refractivity contribution in [3.63, 3.8) is 0 Å². The fraction of sp³-hybridized carbons (Fsp3) is 0.588. The molecule has 0 aromatic heterocycles. The van der Waals surface area contributed by atoms with Gasteiger partial charge in [-0.2, -0.15) is 4.31 Å². The van der Waals surface area contributed by atoms with Crippen LogP contribution in [0.5, 0.6) is 0 Å². The van der Waals surface area contributed by atoms with Crippen LogP contribution in [0.2, 0.25) is 0 Å². The van der Waals surface area contributed by atoms with E-state index >= 15 is 0 Å². The molecule has 1 amide bonds. The lowest BCUT2D eigenvalue weighted by atomic mass is 10.1. The number of carbonyl (C=O) groups excluding carboxylic acids is 1. The zero-order valence-electron chi connectivity index (χ0n) is 13.9. The van der Waals surface area contributed by atoms with Crippen molar-refractivity contribution >= 4 is 15.9 Å². The fourth-order valence-electron chi connectivity index (χ4n) is 2.98. The Bertz CT molecular complexity index is 698. The first-order valence-corrected chi connectivity index (χ1v) is 9.98. The molecule has 2 atom stereocenters. The molecule has 1 saturated heterocycles. The Balaban J connectivity index is 1.66. The molecule has 2 aliphatic rings. The van der Waals surface area contributed by atoms with Crippen LogP contribution in [0, 0.1) is 11.8 Å². The normalized spacial score (nSPS) is 24.5. The first-order chi connectivity index (χ1) is 11.5. The molecule has 0 spiro atoms. The number of nitrogens with one attached hydrogen (secondary N) is 1. The van der Waals surface area contributed by atoms with Crippen LogP contribution in [0.4, 0.5) is 0 Å². The molecule has 0 radical (unpaired) electrons. The molecular formula is C17H24N2O4S. The molecule has 2 unspecified atom stereocenters. The highest BCUT2D eigenvalue weighted by atomic mass is 32.2. The maximum absolute atomic E-state index is 12.6. The predicted octanol–water partition coefficient (Wildman–Crippen LogP) is 1.12. The summed E-state index contributed by atoms with van der Waals surface area (Å²) >= 11 is 0. The number of hydrogen-bond acceptors (Lipinski definition) is 4. The number of benzene rings is 1. The van der Waals surface area contributed by atoms with Gasteiger partial charge in [-0.05, 0) is 23.5 Å². The van der Waals surface area contributed by atoms with Crippen molar-refractivity contribution in [2.75, 3.05) is 26.3 Å². The summed E-state index contributed by atoms with van der Waals surface area (Å²) in [6.45, 7) is 4.12. The number of ether oxygens (including phenoxy) is 1. The summed E-state index contributed by atoms with van der Waals surface area (Å²) in [6.07, 6.45) is 0.943. The molecule has 24 heavy (non-hydrogen) atoms. The summed E-state index contributed by atoms with van der Waals surface area (Å²) in [5, 5.41) is 2.93. The Morgan fingerprint density at radius 1 is 1.25 bits per heavy atom.